The van der Waals surface area contributed by atoms with E-state index in [0.717, 1.165) is 28.0 Å². The number of ether oxygens (including phenoxy) is 2. The van der Waals surface area contributed by atoms with Gasteiger partial charge >= 0.3 is 4.87 Å². The average molecular weight is 894 g/mol. The van der Waals surface area contributed by atoms with Crippen LogP contribution in [-0.2, 0) is 14.7 Å². The summed E-state index contributed by atoms with van der Waals surface area (Å²) >= 11 is 0.899. The number of hydrogen-bond donors (Lipinski definition) is 2. The summed E-state index contributed by atoms with van der Waals surface area (Å²) in [5.41, 5.74) is 1.57. The molecule has 0 unspecified atom stereocenters. The molecule has 10 nitrogen and oxygen atoms in total. The van der Waals surface area contributed by atoms with E-state index >= 15 is 0 Å². The minimum absolute atomic E-state index is 0.000644. The molecule has 5 aromatic carbocycles. The highest BCUT2D eigenvalue weighted by atomic mass is 32.1. The van der Waals surface area contributed by atoms with E-state index in [9.17, 15) is 9.59 Å². The molecule has 12 heteroatoms. The Hall–Kier alpha value is -5.63. The monoisotopic (exact) mass is 893 g/mol. The summed E-state index contributed by atoms with van der Waals surface area (Å²) in [5, 5.41) is 5.86. The second-order valence-electron chi connectivity index (χ2n) is 18.0. The van der Waals surface area contributed by atoms with Crippen LogP contribution in [0.15, 0.2) is 155 Å². The molecular weight excluding hydrogens is 835 g/mol. The summed E-state index contributed by atoms with van der Waals surface area (Å²) in [6.07, 6.45) is -0.0462. The smallest absolute Gasteiger partial charge is 0.311 e. The molecule has 0 amide bonds. The molecular formula is C52H59N5O5SSi. The summed E-state index contributed by atoms with van der Waals surface area (Å²) in [4.78, 5) is 38.8. The van der Waals surface area contributed by atoms with Gasteiger partial charge < -0.3 is 24.1 Å². The lowest BCUT2D eigenvalue weighted by Crippen LogP contribution is -2.68. The molecule has 1 aliphatic rings. The number of fused-ring (bicyclic) bond motifs is 1. The lowest BCUT2D eigenvalue weighted by Gasteiger charge is -2.46. The standard InChI is InChI=1S/C52H59N5O5SSi/c1-9-43(62-64(51(3,4)5,40-26-18-12-19-27-40)41-28-20-13-21-29-41)44-34-42(35(2)56(6)7)48(61-44)57-46-45(63-50(57)59)47(58)54-49(53-46)55-52(36-22-14-10-15-23-36,37-24-16-11-17-25-37)38-30-32-39(60-8)33-31-38/h10-33,35,42-44,48H,9,34H2,1-8H3,(H2,53,54,55,58)/t35-,42+,43+,44+,48-/m1/s1. The van der Waals surface area contributed by atoms with Crippen LogP contribution in [0.3, 0.4) is 0 Å². The number of aromatic nitrogens is 3. The summed E-state index contributed by atoms with van der Waals surface area (Å²) in [5.74, 6) is 0.783. The molecule has 1 fully saturated rings. The lowest BCUT2D eigenvalue weighted by molar-refractivity contribution is -0.0646. The van der Waals surface area contributed by atoms with Gasteiger partial charge in [0, 0.05) is 12.0 Å². The van der Waals surface area contributed by atoms with Crippen molar-refractivity contribution >= 4 is 46.3 Å². The van der Waals surface area contributed by atoms with Crippen LogP contribution >= 0.6 is 11.3 Å². The van der Waals surface area contributed by atoms with Crippen LogP contribution in [0.4, 0.5) is 5.95 Å². The van der Waals surface area contributed by atoms with Crippen molar-refractivity contribution in [3.63, 3.8) is 0 Å². The number of hydrogen-bond acceptors (Lipinski definition) is 9. The van der Waals surface area contributed by atoms with Crippen molar-refractivity contribution in [2.24, 2.45) is 5.92 Å². The number of thiazole rings is 1. The van der Waals surface area contributed by atoms with Crippen molar-refractivity contribution in [3.05, 3.63) is 182 Å². The summed E-state index contributed by atoms with van der Waals surface area (Å²) in [6.45, 7) is 11.2. The van der Waals surface area contributed by atoms with Gasteiger partial charge in [0.25, 0.3) is 13.9 Å². The fourth-order valence-electron chi connectivity index (χ4n) is 9.69. The third-order valence-electron chi connectivity index (χ3n) is 13.2. The second kappa shape index (κ2) is 18.5. The number of rotatable bonds is 15. The molecule has 64 heavy (non-hydrogen) atoms. The quantitative estimate of drug-likeness (QED) is 0.0777. The zero-order valence-electron chi connectivity index (χ0n) is 37.9. The fourth-order valence-corrected chi connectivity index (χ4v) is 15.3. The first-order valence-corrected chi connectivity index (χ1v) is 24.8. The van der Waals surface area contributed by atoms with Gasteiger partial charge in [-0.05, 0) is 78.1 Å². The van der Waals surface area contributed by atoms with E-state index in [4.69, 9.17) is 18.9 Å². The Morgan fingerprint density at radius 3 is 1.83 bits per heavy atom. The molecule has 0 bridgehead atoms. The number of benzene rings is 5. The van der Waals surface area contributed by atoms with Gasteiger partial charge in [-0.15, -0.1) is 0 Å². The third kappa shape index (κ3) is 8.18. The highest BCUT2D eigenvalue weighted by Crippen LogP contribution is 2.45. The zero-order chi connectivity index (χ0) is 45.2. The Bertz CT molecular complexity index is 2680. The first-order chi connectivity index (χ1) is 30.8. The summed E-state index contributed by atoms with van der Waals surface area (Å²) in [6, 6.07) is 49.4. The average Bonchev–Trinajstić information content (AvgIpc) is 3.89. The predicted octanol–water partition coefficient (Wildman–Crippen LogP) is 8.77. The number of nitrogens with zero attached hydrogens (tertiary/aromatic N) is 3. The first kappa shape index (κ1) is 45.0. The van der Waals surface area contributed by atoms with Gasteiger partial charge in [0.15, 0.2) is 5.65 Å². The Balaban J connectivity index is 1.25. The molecule has 1 aliphatic heterocycles. The molecule has 0 spiro atoms. The van der Waals surface area contributed by atoms with E-state index in [-0.39, 0.29) is 50.4 Å². The van der Waals surface area contributed by atoms with Crippen LogP contribution in [0.2, 0.25) is 5.04 Å². The van der Waals surface area contributed by atoms with Crippen molar-refractivity contribution in [3.8, 4) is 5.75 Å². The number of nitrogens with one attached hydrogen (secondary N) is 2. The largest absolute Gasteiger partial charge is 0.497 e. The molecule has 0 aliphatic carbocycles. The normalized spacial score (nSPS) is 18.0. The Morgan fingerprint density at radius 2 is 1.34 bits per heavy atom. The SMILES string of the molecule is CC[C@H](O[Si](c1ccccc1)(c1ccccc1)C(C)(C)C)[C@@H]1C[C@@H]([C@@H](C)N(C)C)[C@H](n2c(=O)sc3c(=O)[nH]c(NC(c4ccccc4)(c4ccccc4)c4ccc(OC)cc4)nc32)O1. The molecule has 0 radical (unpaired) electrons. The van der Waals surface area contributed by atoms with Crippen molar-refractivity contribution < 1.29 is 13.9 Å². The topological polar surface area (TPSA) is 111 Å². The minimum Gasteiger partial charge on any atom is -0.497 e. The first-order valence-electron chi connectivity index (χ1n) is 22.1. The number of aromatic amines is 1. The lowest BCUT2D eigenvalue weighted by atomic mass is 9.77. The number of anilines is 1. The van der Waals surface area contributed by atoms with E-state index < -0.39 is 25.6 Å². The van der Waals surface area contributed by atoms with Crippen molar-refractivity contribution in [1.82, 2.24) is 19.4 Å². The van der Waals surface area contributed by atoms with Crippen molar-refractivity contribution in [2.45, 2.75) is 82.5 Å². The second-order valence-corrected chi connectivity index (χ2v) is 23.3. The summed E-state index contributed by atoms with van der Waals surface area (Å²) < 4.78 is 22.4. The minimum atomic E-state index is -2.97. The van der Waals surface area contributed by atoms with Crippen molar-refractivity contribution in [2.75, 3.05) is 26.5 Å². The highest BCUT2D eigenvalue weighted by molar-refractivity contribution is 7.16. The van der Waals surface area contributed by atoms with Gasteiger partial charge in [-0.25, -0.2) is 0 Å². The molecule has 3 heterocycles. The Morgan fingerprint density at radius 1 is 0.828 bits per heavy atom. The molecule has 8 rings (SSSR count). The van der Waals surface area contributed by atoms with Gasteiger partial charge in [-0.1, -0.05) is 172 Å². The maximum atomic E-state index is 14.5. The Kier molecular flexibility index (Phi) is 13.0. The van der Waals surface area contributed by atoms with E-state index in [1.165, 1.54) is 10.4 Å². The molecule has 2 N–H and O–H groups in total. The highest BCUT2D eigenvalue weighted by Gasteiger charge is 2.54. The van der Waals surface area contributed by atoms with Crippen LogP contribution < -0.4 is 30.9 Å². The zero-order valence-corrected chi connectivity index (χ0v) is 39.8. The number of H-pyrrole nitrogens is 1. The fraction of sp³-hybridized carbons (Fsp3) is 0.327. The van der Waals surface area contributed by atoms with Crippen LogP contribution in [0, 0.1) is 5.92 Å². The third-order valence-corrected chi connectivity index (χ3v) is 19.2. The van der Waals surface area contributed by atoms with E-state index in [1.807, 2.05) is 60.7 Å². The molecule has 2 aromatic heterocycles. The summed E-state index contributed by atoms with van der Waals surface area (Å²) in [7, 11) is 2.78. The molecule has 5 atom stereocenters. The van der Waals surface area contributed by atoms with Gasteiger partial charge in [0.1, 0.15) is 22.2 Å². The molecule has 332 valence electrons. The predicted molar refractivity (Wildman–Crippen MR) is 262 cm³/mol. The molecule has 1 saturated heterocycles. The van der Waals surface area contributed by atoms with E-state index in [0.29, 0.717) is 18.6 Å². The van der Waals surface area contributed by atoms with Gasteiger partial charge in [-0.2, -0.15) is 4.98 Å². The van der Waals surface area contributed by atoms with Crippen LogP contribution in [0.1, 0.15) is 70.4 Å². The maximum Gasteiger partial charge on any atom is 0.311 e. The Labute approximate surface area is 381 Å². The van der Waals surface area contributed by atoms with E-state index in [1.54, 1.807) is 11.7 Å². The molecule has 7 aromatic rings. The molecule has 0 saturated carbocycles. The number of methoxy groups -OCH3 is 1. The van der Waals surface area contributed by atoms with Gasteiger partial charge in [0.2, 0.25) is 5.95 Å². The van der Waals surface area contributed by atoms with Gasteiger partial charge in [-0.3, -0.25) is 19.1 Å². The van der Waals surface area contributed by atoms with E-state index in [2.05, 4.69) is 149 Å². The van der Waals surface area contributed by atoms with Crippen LogP contribution in [0.5, 0.6) is 5.75 Å². The van der Waals surface area contributed by atoms with Crippen molar-refractivity contribution in [1.29, 1.82) is 0 Å². The van der Waals surface area contributed by atoms with Crippen LogP contribution in [-0.4, -0.2) is 67.2 Å². The van der Waals surface area contributed by atoms with Crippen LogP contribution in [0.25, 0.3) is 10.3 Å². The maximum absolute atomic E-state index is 14.5. The van der Waals surface area contributed by atoms with Gasteiger partial charge in [0.05, 0.1) is 19.3 Å².